The lowest BCUT2D eigenvalue weighted by molar-refractivity contribution is -0.128. The maximum atomic E-state index is 12.3. The predicted octanol–water partition coefficient (Wildman–Crippen LogP) is 4.78. The largest absolute Gasteiger partial charge is 0.359 e. The Morgan fingerprint density at radius 2 is 1.44 bits per heavy atom. The van der Waals surface area contributed by atoms with Crippen LogP contribution in [0.4, 0.5) is 0 Å². The van der Waals surface area contributed by atoms with Crippen molar-refractivity contribution in [3.63, 3.8) is 0 Å². The molecule has 1 rings (SSSR count). The molecule has 0 radical (unpaired) electrons. The summed E-state index contributed by atoms with van der Waals surface area (Å²) in [5.74, 6) is -0.174. The quantitative estimate of drug-likeness (QED) is 0.124. The summed E-state index contributed by atoms with van der Waals surface area (Å²) in [6.07, 6.45) is 19.6. The fourth-order valence-corrected chi connectivity index (χ4v) is 4.19. The summed E-state index contributed by atoms with van der Waals surface area (Å²) in [7, 11) is 3.30. The van der Waals surface area contributed by atoms with E-state index in [0.29, 0.717) is 20.0 Å². The van der Waals surface area contributed by atoms with Gasteiger partial charge in [0, 0.05) is 39.5 Å². The number of hydrogen-bond donors (Lipinski definition) is 2. The smallest absolute Gasteiger partial charge is 0.243 e. The highest BCUT2D eigenvalue weighted by Crippen LogP contribution is 2.19. The molecule has 0 heterocycles. The molecular weight excluding hydrogens is 460 g/mol. The van der Waals surface area contributed by atoms with Gasteiger partial charge in [-0.15, -0.1) is 0 Å². The highest BCUT2D eigenvalue weighted by atomic mass is 16.7. The molecule has 3 atom stereocenters. The summed E-state index contributed by atoms with van der Waals surface area (Å²) in [5.41, 5.74) is 0. The van der Waals surface area contributed by atoms with E-state index in [1.54, 1.807) is 26.4 Å². The minimum Gasteiger partial charge on any atom is -0.359 e. The molecule has 1 saturated carbocycles. The van der Waals surface area contributed by atoms with Crippen molar-refractivity contribution < 1.29 is 28.5 Å². The summed E-state index contributed by atoms with van der Waals surface area (Å²) in [4.78, 5) is 24.6. The topological polar surface area (TPSA) is 95.1 Å². The fraction of sp³-hybridized carbons (Fsp3) is 0.786. The third-order valence-electron chi connectivity index (χ3n) is 6.18. The van der Waals surface area contributed by atoms with Crippen LogP contribution in [0.5, 0.6) is 0 Å². The zero-order chi connectivity index (χ0) is 26.3. The fourth-order valence-electron chi connectivity index (χ4n) is 4.19. The SMILES string of the molecule is CCCC(OC)OCCCCC/C=C/C(=O)N[C@@H]1CCC[C@@H]1NC(=O)/C=C/CCCCCOCOC. The van der Waals surface area contributed by atoms with Crippen molar-refractivity contribution in [2.45, 2.75) is 109 Å². The molecule has 1 fully saturated rings. The standard InChI is InChI=1S/C28H50N2O6/c1-4-16-28(34-3)36-22-14-10-6-8-12-20-27(32)30-25-18-15-17-24(25)29-26(31)19-11-7-5-9-13-21-35-23-33-2/h11-12,19-20,24-25,28H,4-10,13-18,21-23H2,1-3H3,(H,29,31)(H,30,32)/b19-11+,20-12+/t24-,25+,28?/m0/s1. The van der Waals surface area contributed by atoms with Gasteiger partial charge in [-0.25, -0.2) is 0 Å². The van der Waals surface area contributed by atoms with Crippen molar-refractivity contribution in [3.8, 4) is 0 Å². The summed E-state index contributed by atoms with van der Waals surface area (Å²) in [6.45, 7) is 3.86. The summed E-state index contributed by atoms with van der Waals surface area (Å²) in [6, 6.07) is -0.0262. The first-order valence-electron chi connectivity index (χ1n) is 13.8. The Kier molecular flexibility index (Phi) is 20.1. The summed E-state index contributed by atoms with van der Waals surface area (Å²) >= 11 is 0. The molecule has 0 saturated heterocycles. The number of allylic oxidation sites excluding steroid dienone is 2. The molecule has 1 aliphatic carbocycles. The number of carbonyl (C=O) groups is 2. The van der Waals surface area contributed by atoms with Crippen molar-refractivity contribution in [3.05, 3.63) is 24.3 Å². The van der Waals surface area contributed by atoms with Crippen molar-refractivity contribution in [2.75, 3.05) is 34.2 Å². The molecule has 8 heteroatoms. The lowest BCUT2D eigenvalue weighted by atomic mass is 10.1. The molecule has 8 nitrogen and oxygen atoms in total. The van der Waals surface area contributed by atoms with E-state index < -0.39 is 0 Å². The van der Waals surface area contributed by atoms with E-state index >= 15 is 0 Å². The predicted molar refractivity (Wildman–Crippen MR) is 142 cm³/mol. The van der Waals surface area contributed by atoms with Crippen LogP contribution in [-0.4, -0.2) is 64.4 Å². The maximum Gasteiger partial charge on any atom is 0.243 e. The molecule has 2 amide bonds. The van der Waals surface area contributed by atoms with Crippen LogP contribution in [0.15, 0.2) is 24.3 Å². The van der Waals surface area contributed by atoms with Crippen LogP contribution < -0.4 is 10.6 Å². The lowest BCUT2D eigenvalue weighted by Gasteiger charge is -2.21. The highest BCUT2D eigenvalue weighted by molar-refractivity contribution is 5.89. The Hall–Kier alpha value is -1.74. The van der Waals surface area contributed by atoms with Gasteiger partial charge in [-0.05, 0) is 76.4 Å². The zero-order valence-electron chi connectivity index (χ0n) is 22.8. The van der Waals surface area contributed by atoms with E-state index in [1.807, 2.05) is 12.2 Å². The van der Waals surface area contributed by atoms with Crippen LogP contribution in [0.2, 0.25) is 0 Å². The molecule has 36 heavy (non-hydrogen) atoms. The molecule has 0 aliphatic heterocycles. The molecule has 0 spiro atoms. The second kappa shape index (κ2) is 22.5. The molecule has 0 bridgehead atoms. The number of methoxy groups -OCH3 is 2. The molecule has 0 aromatic carbocycles. The number of hydrogen-bond acceptors (Lipinski definition) is 6. The minimum atomic E-state index is -0.0961. The number of nitrogens with one attached hydrogen (secondary N) is 2. The van der Waals surface area contributed by atoms with Crippen LogP contribution in [0.1, 0.15) is 90.4 Å². The third-order valence-corrected chi connectivity index (χ3v) is 6.18. The van der Waals surface area contributed by atoms with E-state index in [1.165, 1.54) is 0 Å². The van der Waals surface area contributed by atoms with Crippen molar-refractivity contribution in [2.24, 2.45) is 0 Å². The van der Waals surface area contributed by atoms with Crippen molar-refractivity contribution in [1.82, 2.24) is 10.6 Å². The number of ether oxygens (including phenoxy) is 4. The average molecular weight is 511 g/mol. The maximum absolute atomic E-state index is 12.3. The summed E-state index contributed by atoms with van der Waals surface area (Å²) in [5, 5.41) is 6.12. The molecule has 2 N–H and O–H groups in total. The van der Waals surface area contributed by atoms with Crippen LogP contribution >= 0.6 is 0 Å². The van der Waals surface area contributed by atoms with Crippen molar-refractivity contribution >= 4 is 11.8 Å². The Morgan fingerprint density at radius 1 is 0.861 bits per heavy atom. The van der Waals surface area contributed by atoms with Gasteiger partial charge in [0.15, 0.2) is 6.29 Å². The van der Waals surface area contributed by atoms with Gasteiger partial charge in [-0.3, -0.25) is 9.59 Å². The molecule has 0 aromatic rings. The van der Waals surface area contributed by atoms with E-state index in [2.05, 4.69) is 17.6 Å². The second-order valence-corrected chi connectivity index (χ2v) is 9.30. The van der Waals surface area contributed by atoms with Crippen LogP contribution in [0.3, 0.4) is 0 Å². The Bertz CT molecular complexity index is 625. The monoisotopic (exact) mass is 510 g/mol. The molecular formula is C28H50N2O6. The van der Waals surface area contributed by atoms with Gasteiger partial charge in [0.1, 0.15) is 6.79 Å². The lowest BCUT2D eigenvalue weighted by Crippen LogP contribution is -2.47. The Balaban J connectivity index is 2.14. The highest BCUT2D eigenvalue weighted by Gasteiger charge is 2.28. The first kappa shape index (κ1) is 32.3. The van der Waals surface area contributed by atoms with Crippen LogP contribution in [0, 0.1) is 0 Å². The first-order valence-corrected chi connectivity index (χ1v) is 13.8. The van der Waals surface area contributed by atoms with E-state index in [-0.39, 0.29) is 30.2 Å². The third kappa shape index (κ3) is 16.8. The number of carbonyl (C=O) groups excluding carboxylic acids is 2. The van der Waals surface area contributed by atoms with Gasteiger partial charge in [-0.1, -0.05) is 38.3 Å². The number of rotatable bonds is 22. The molecule has 208 valence electrons. The van der Waals surface area contributed by atoms with Gasteiger partial charge in [-0.2, -0.15) is 0 Å². The normalized spacial score (nSPS) is 18.8. The van der Waals surface area contributed by atoms with E-state index in [0.717, 1.165) is 83.5 Å². The van der Waals surface area contributed by atoms with E-state index in [4.69, 9.17) is 18.9 Å². The Morgan fingerprint density at radius 3 is 1.97 bits per heavy atom. The van der Waals surface area contributed by atoms with Crippen molar-refractivity contribution in [1.29, 1.82) is 0 Å². The number of unbranched alkanes of at least 4 members (excludes halogenated alkanes) is 6. The van der Waals surface area contributed by atoms with Gasteiger partial charge in [0.25, 0.3) is 0 Å². The van der Waals surface area contributed by atoms with Crippen LogP contribution in [-0.2, 0) is 28.5 Å². The molecule has 0 aromatic heterocycles. The van der Waals surface area contributed by atoms with E-state index in [9.17, 15) is 9.59 Å². The average Bonchev–Trinajstić information content (AvgIpc) is 3.29. The first-order chi connectivity index (χ1) is 17.6. The molecule has 1 aliphatic rings. The van der Waals surface area contributed by atoms with Crippen LogP contribution in [0.25, 0.3) is 0 Å². The van der Waals surface area contributed by atoms with Gasteiger partial charge in [0.2, 0.25) is 11.8 Å². The minimum absolute atomic E-state index is 0.0129. The van der Waals surface area contributed by atoms with Gasteiger partial charge >= 0.3 is 0 Å². The molecule has 1 unspecified atom stereocenters. The zero-order valence-corrected chi connectivity index (χ0v) is 22.8. The summed E-state index contributed by atoms with van der Waals surface area (Å²) < 4.78 is 21.1. The number of amides is 2. The second-order valence-electron chi connectivity index (χ2n) is 9.30. The van der Waals surface area contributed by atoms with Gasteiger partial charge in [0.05, 0.1) is 0 Å². The Labute approximate surface area is 218 Å². The van der Waals surface area contributed by atoms with Gasteiger partial charge < -0.3 is 29.6 Å².